The van der Waals surface area contributed by atoms with Gasteiger partial charge in [-0.25, -0.2) is 4.79 Å². The zero-order valence-corrected chi connectivity index (χ0v) is 16.9. The summed E-state index contributed by atoms with van der Waals surface area (Å²) in [6.07, 6.45) is -0.580. The van der Waals surface area contributed by atoms with E-state index in [9.17, 15) is 24.3 Å². The lowest BCUT2D eigenvalue weighted by Gasteiger charge is -2.23. The number of thiol groups is 1. The van der Waals surface area contributed by atoms with Crippen LogP contribution in [0.2, 0.25) is 0 Å². The van der Waals surface area contributed by atoms with Crippen molar-refractivity contribution in [1.82, 2.24) is 16.0 Å². The topological polar surface area (TPSA) is 235 Å². The molecule has 29 heavy (non-hydrogen) atoms. The van der Waals surface area contributed by atoms with E-state index in [1.165, 1.54) is 6.92 Å². The van der Waals surface area contributed by atoms with E-state index in [-0.39, 0.29) is 18.1 Å². The standard InChI is InChI=1S/C15H29N7O6S/c1-7(23)11(13(26)21-9(6-29)14(27)28)22-10(24)5-20-12(25)8(16)3-2-4-19-15(17)18/h7-9,11,23,29H,2-6,16H2,1H3,(H,20,25)(H,21,26)(H,22,24)(H,27,28)(H4,17,18,19). The summed E-state index contributed by atoms with van der Waals surface area (Å²) in [5.41, 5.74) is 16.0. The van der Waals surface area contributed by atoms with Crippen molar-refractivity contribution in [2.45, 2.75) is 44.0 Å². The molecule has 3 amide bonds. The van der Waals surface area contributed by atoms with Crippen molar-refractivity contribution in [3.05, 3.63) is 0 Å². The highest BCUT2D eigenvalue weighted by molar-refractivity contribution is 7.80. The molecule has 0 aliphatic heterocycles. The van der Waals surface area contributed by atoms with Crippen molar-refractivity contribution in [3.8, 4) is 0 Å². The molecule has 4 unspecified atom stereocenters. The monoisotopic (exact) mass is 435 g/mol. The van der Waals surface area contributed by atoms with Crippen LogP contribution in [0.15, 0.2) is 4.99 Å². The summed E-state index contributed by atoms with van der Waals surface area (Å²) in [6.45, 7) is 1.05. The van der Waals surface area contributed by atoms with Crippen LogP contribution >= 0.6 is 12.6 Å². The lowest BCUT2D eigenvalue weighted by atomic mass is 10.1. The van der Waals surface area contributed by atoms with Crippen molar-refractivity contribution >= 4 is 42.3 Å². The fraction of sp³-hybridized carbons (Fsp3) is 0.667. The average Bonchev–Trinajstić information content (AvgIpc) is 2.64. The number of rotatable bonds is 13. The molecule has 0 aliphatic rings. The number of nitrogens with two attached hydrogens (primary N) is 3. The molecule has 0 fully saturated rings. The predicted molar refractivity (Wildman–Crippen MR) is 108 cm³/mol. The normalized spacial score (nSPS) is 14.6. The number of aliphatic hydroxyl groups is 1. The second kappa shape index (κ2) is 13.6. The van der Waals surface area contributed by atoms with Crippen molar-refractivity contribution < 1.29 is 29.4 Å². The van der Waals surface area contributed by atoms with Gasteiger partial charge in [0.15, 0.2) is 5.96 Å². The van der Waals surface area contributed by atoms with Gasteiger partial charge in [-0.2, -0.15) is 12.6 Å². The molecule has 0 aromatic rings. The maximum absolute atomic E-state index is 12.1. The van der Waals surface area contributed by atoms with Gasteiger partial charge in [-0.3, -0.25) is 19.4 Å². The minimum atomic E-state index is -1.42. The number of aliphatic hydroxyl groups excluding tert-OH is 1. The second-order valence-corrected chi connectivity index (χ2v) is 6.51. The molecule has 0 aromatic heterocycles. The van der Waals surface area contributed by atoms with Gasteiger partial charge in [0, 0.05) is 12.3 Å². The van der Waals surface area contributed by atoms with Crippen LogP contribution in [0.5, 0.6) is 0 Å². The first kappa shape index (κ1) is 26.4. The molecule has 0 spiro atoms. The van der Waals surface area contributed by atoms with E-state index < -0.39 is 54.5 Å². The first-order chi connectivity index (χ1) is 13.5. The molecule has 0 rings (SSSR count). The van der Waals surface area contributed by atoms with E-state index in [1.807, 2.05) is 0 Å². The van der Waals surface area contributed by atoms with E-state index >= 15 is 0 Å². The minimum Gasteiger partial charge on any atom is -0.480 e. The molecule has 0 heterocycles. The van der Waals surface area contributed by atoms with Crippen molar-refractivity contribution in [1.29, 1.82) is 0 Å². The Labute approximate surface area is 173 Å². The zero-order chi connectivity index (χ0) is 22.6. The number of hydrogen-bond donors (Lipinski definition) is 9. The van der Waals surface area contributed by atoms with Crippen molar-refractivity contribution in [3.63, 3.8) is 0 Å². The number of carbonyl (C=O) groups is 4. The highest BCUT2D eigenvalue weighted by Crippen LogP contribution is 1.98. The van der Waals surface area contributed by atoms with E-state index in [2.05, 4.69) is 33.6 Å². The third kappa shape index (κ3) is 11.1. The summed E-state index contributed by atoms with van der Waals surface area (Å²) in [5.74, 6) is -3.84. The number of aliphatic carboxylic acids is 1. The molecular weight excluding hydrogens is 406 g/mol. The van der Waals surface area contributed by atoms with Gasteiger partial charge in [0.1, 0.15) is 12.1 Å². The number of amides is 3. The maximum atomic E-state index is 12.1. The van der Waals surface area contributed by atoms with Crippen molar-refractivity contribution in [2.75, 3.05) is 18.8 Å². The Hall–Kier alpha value is -2.58. The van der Waals surface area contributed by atoms with Crippen molar-refractivity contribution in [2.24, 2.45) is 22.2 Å². The Kier molecular flexibility index (Phi) is 12.4. The molecule has 0 bridgehead atoms. The minimum absolute atomic E-state index is 0.0690. The van der Waals surface area contributed by atoms with Gasteiger partial charge in [-0.15, -0.1) is 0 Å². The average molecular weight is 436 g/mol. The Morgan fingerprint density at radius 3 is 2.24 bits per heavy atom. The number of guanidine groups is 1. The fourth-order valence-electron chi connectivity index (χ4n) is 2.03. The van der Waals surface area contributed by atoms with E-state index in [1.54, 1.807) is 0 Å². The van der Waals surface area contributed by atoms with Crippen LogP contribution in [0.1, 0.15) is 19.8 Å². The molecule has 0 aromatic carbocycles. The fourth-order valence-corrected chi connectivity index (χ4v) is 2.27. The third-order valence-electron chi connectivity index (χ3n) is 3.61. The summed E-state index contributed by atoms with van der Waals surface area (Å²) < 4.78 is 0. The lowest BCUT2D eigenvalue weighted by molar-refractivity contribution is -0.142. The number of carboxylic acid groups (broad SMARTS) is 1. The van der Waals surface area contributed by atoms with Gasteiger partial charge < -0.3 is 43.4 Å². The first-order valence-electron chi connectivity index (χ1n) is 8.69. The van der Waals surface area contributed by atoms with Crippen LogP contribution in [0.4, 0.5) is 0 Å². The lowest BCUT2D eigenvalue weighted by Crippen LogP contribution is -2.57. The maximum Gasteiger partial charge on any atom is 0.327 e. The largest absolute Gasteiger partial charge is 0.480 e. The smallest absolute Gasteiger partial charge is 0.327 e. The van der Waals surface area contributed by atoms with Crippen LogP contribution in [0.3, 0.4) is 0 Å². The Morgan fingerprint density at radius 2 is 1.76 bits per heavy atom. The summed E-state index contributed by atoms with van der Waals surface area (Å²) in [4.78, 5) is 50.7. The van der Waals surface area contributed by atoms with Crippen LogP contribution in [-0.2, 0) is 19.2 Å². The molecule has 0 radical (unpaired) electrons. The first-order valence-corrected chi connectivity index (χ1v) is 9.33. The van der Waals surface area contributed by atoms with Crippen LogP contribution in [0, 0.1) is 0 Å². The Balaban J connectivity index is 4.55. The van der Waals surface area contributed by atoms with E-state index in [0.717, 1.165) is 0 Å². The highest BCUT2D eigenvalue weighted by Gasteiger charge is 2.29. The highest BCUT2D eigenvalue weighted by atomic mass is 32.1. The van der Waals surface area contributed by atoms with Gasteiger partial charge in [0.2, 0.25) is 17.7 Å². The van der Waals surface area contributed by atoms with Gasteiger partial charge in [-0.05, 0) is 19.8 Å². The number of carboxylic acids is 1. The molecule has 0 aliphatic carbocycles. The molecule has 11 N–H and O–H groups in total. The number of nitrogens with zero attached hydrogens (tertiary/aromatic N) is 1. The van der Waals surface area contributed by atoms with Gasteiger partial charge in [0.05, 0.1) is 18.7 Å². The number of aliphatic imine (C=N–C) groups is 1. The third-order valence-corrected chi connectivity index (χ3v) is 3.97. The zero-order valence-electron chi connectivity index (χ0n) is 16.0. The quantitative estimate of drug-likeness (QED) is 0.0590. The second-order valence-electron chi connectivity index (χ2n) is 6.14. The summed E-state index contributed by atoms with van der Waals surface area (Å²) in [7, 11) is 0. The summed E-state index contributed by atoms with van der Waals surface area (Å²) in [5, 5.41) is 25.3. The number of nitrogens with one attached hydrogen (secondary N) is 3. The van der Waals surface area contributed by atoms with Gasteiger partial charge >= 0.3 is 5.97 Å². The molecule has 0 saturated heterocycles. The summed E-state index contributed by atoms with van der Waals surface area (Å²) >= 11 is 3.81. The summed E-state index contributed by atoms with van der Waals surface area (Å²) in [6, 6.07) is -3.60. The van der Waals surface area contributed by atoms with E-state index in [0.29, 0.717) is 13.0 Å². The molecule has 0 saturated carbocycles. The number of hydrogen-bond acceptors (Lipinski definition) is 8. The van der Waals surface area contributed by atoms with Gasteiger partial charge in [-0.1, -0.05) is 0 Å². The van der Waals surface area contributed by atoms with Crippen LogP contribution < -0.4 is 33.2 Å². The van der Waals surface area contributed by atoms with Gasteiger partial charge in [0.25, 0.3) is 0 Å². The Bertz CT molecular complexity index is 612. The number of carbonyl (C=O) groups excluding carboxylic acids is 3. The van der Waals surface area contributed by atoms with E-state index in [4.69, 9.17) is 22.3 Å². The predicted octanol–water partition coefficient (Wildman–Crippen LogP) is -4.15. The Morgan fingerprint density at radius 1 is 1.14 bits per heavy atom. The van der Waals surface area contributed by atoms with Crippen LogP contribution in [-0.4, -0.2) is 82.9 Å². The molecule has 166 valence electrons. The van der Waals surface area contributed by atoms with Crippen LogP contribution in [0.25, 0.3) is 0 Å². The SMILES string of the molecule is CC(O)C(NC(=O)CNC(=O)C(N)CCCN=C(N)N)C(=O)NC(CS)C(=O)O. The molecule has 14 heteroatoms. The molecule has 13 nitrogen and oxygen atoms in total. The molecular formula is C15H29N7O6S. The molecule has 4 atom stereocenters.